The van der Waals surface area contributed by atoms with Crippen LogP contribution < -0.4 is 5.32 Å². The van der Waals surface area contributed by atoms with Crippen molar-refractivity contribution in [2.75, 3.05) is 0 Å². The van der Waals surface area contributed by atoms with E-state index in [1.165, 1.54) is 0 Å². The lowest BCUT2D eigenvalue weighted by molar-refractivity contribution is -0.122. The first-order valence-corrected chi connectivity index (χ1v) is 7.92. The van der Waals surface area contributed by atoms with Gasteiger partial charge in [0.25, 0.3) is 0 Å². The molecular weight excluding hydrogens is 278 g/mol. The van der Waals surface area contributed by atoms with Crippen LogP contribution in [-0.2, 0) is 4.79 Å². The van der Waals surface area contributed by atoms with Gasteiger partial charge in [-0.15, -0.1) is 11.8 Å². The molecule has 0 heterocycles. The first-order chi connectivity index (χ1) is 9.96. The van der Waals surface area contributed by atoms with Crippen molar-refractivity contribution in [3.8, 4) is 0 Å². The summed E-state index contributed by atoms with van der Waals surface area (Å²) in [7, 11) is 0. The maximum Gasteiger partial charge on any atom is 0.238 e. The molecule has 110 valence electrons. The Balaban J connectivity index is 2.25. The molecule has 0 aliphatic rings. The summed E-state index contributed by atoms with van der Waals surface area (Å²) in [6.07, 6.45) is 0. The monoisotopic (exact) mass is 299 g/mol. The van der Waals surface area contributed by atoms with Crippen LogP contribution in [0.1, 0.15) is 31.6 Å². The lowest BCUT2D eigenvalue weighted by Crippen LogP contribution is -2.42. The third-order valence-electron chi connectivity index (χ3n) is 2.84. The average molecular weight is 299 g/mol. The maximum atomic E-state index is 12.6. The topological polar surface area (TPSA) is 29.1 Å². The number of amides is 1. The van der Waals surface area contributed by atoms with Crippen molar-refractivity contribution in [1.82, 2.24) is 5.32 Å². The SMILES string of the molecule is CC(C)(C)NC(=O)[C@H](Sc1ccccc1)c1ccccc1. The standard InChI is InChI=1S/C18H21NOS/c1-18(2,3)19-17(20)16(14-10-6-4-7-11-14)21-15-12-8-5-9-13-15/h4-13,16H,1-3H3,(H,19,20)/t16-/m1/s1. The molecular formula is C18H21NOS. The van der Waals surface area contributed by atoms with E-state index in [0.29, 0.717) is 0 Å². The molecule has 2 aromatic carbocycles. The molecule has 0 unspecified atom stereocenters. The van der Waals surface area contributed by atoms with Gasteiger partial charge in [-0.3, -0.25) is 4.79 Å². The van der Waals surface area contributed by atoms with E-state index in [0.717, 1.165) is 10.5 Å². The number of carbonyl (C=O) groups is 1. The van der Waals surface area contributed by atoms with Gasteiger partial charge in [0.15, 0.2) is 0 Å². The quantitative estimate of drug-likeness (QED) is 0.846. The Hall–Kier alpha value is -1.74. The second-order valence-electron chi connectivity index (χ2n) is 5.96. The fraction of sp³-hybridized carbons (Fsp3) is 0.278. The molecule has 2 nitrogen and oxygen atoms in total. The minimum absolute atomic E-state index is 0.0440. The highest BCUT2D eigenvalue weighted by atomic mass is 32.2. The molecule has 1 N–H and O–H groups in total. The van der Waals surface area contributed by atoms with Gasteiger partial charge in [-0.2, -0.15) is 0 Å². The first-order valence-electron chi connectivity index (χ1n) is 7.04. The molecule has 0 fully saturated rings. The maximum absolute atomic E-state index is 12.6. The van der Waals surface area contributed by atoms with Crippen LogP contribution in [0.25, 0.3) is 0 Å². The second-order valence-corrected chi connectivity index (χ2v) is 7.14. The predicted molar refractivity (Wildman–Crippen MR) is 89.4 cm³/mol. The van der Waals surface area contributed by atoms with Crippen molar-refractivity contribution in [1.29, 1.82) is 0 Å². The number of hydrogen-bond acceptors (Lipinski definition) is 2. The van der Waals surface area contributed by atoms with Gasteiger partial charge in [-0.1, -0.05) is 48.5 Å². The molecule has 3 heteroatoms. The van der Waals surface area contributed by atoms with Crippen LogP contribution in [0.3, 0.4) is 0 Å². The summed E-state index contributed by atoms with van der Waals surface area (Å²) in [5.74, 6) is 0.0440. The van der Waals surface area contributed by atoms with Crippen molar-refractivity contribution < 1.29 is 4.79 Å². The van der Waals surface area contributed by atoms with Crippen molar-refractivity contribution in [3.63, 3.8) is 0 Å². The molecule has 0 aliphatic heterocycles. The Labute approximate surface area is 131 Å². The summed E-state index contributed by atoms with van der Waals surface area (Å²) < 4.78 is 0. The van der Waals surface area contributed by atoms with E-state index in [1.54, 1.807) is 11.8 Å². The van der Waals surface area contributed by atoms with Crippen LogP contribution in [0.2, 0.25) is 0 Å². The molecule has 1 atom stereocenters. The van der Waals surface area contributed by atoms with E-state index < -0.39 is 0 Å². The summed E-state index contributed by atoms with van der Waals surface area (Å²) in [4.78, 5) is 13.7. The number of carbonyl (C=O) groups excluding carboxylic acids is 1. The second kappa shape index (κ2) is 6.81. The van der Waals surface area contributed by atoms with Crippen LogP contribution in [-0.4, -0.2) is 11.4 Å². The van der Waals surface area contributed by atoms with Crippen LogP contribution >= 0.6 is 11.8 Å². The Kier molecular flexibility index (Phi) is 5.07. The summed E-state index contributed by atoms with van der Waals surface area (Å²) in [6.45, 7) is 6.00. The van der Waals surface area contributed by atoms with E-state index >= 15 is 0 Å². The van der Waals surface area contributed by atoms with Crippen molar-refractivity contribution >= 4 is 17.7 Å². The largest absolute Gasteiger partial charge is 0.350 e. The van der Waals surface area contributed by atoms with Gasteiger partial charge in [-0.05, 0) is 38.5 Å². The lowest BCUT2D eigenvalue weighted by Gasteiger charge is -2.25. The van der Waals surface area contributed by atoms with Gasteiger partial charge < -0.3 is 5.32 Å². The van der Waals surface area contributed by atoms with Gasteiger partial charge >= 0.3 is 0 Å². The third-order valence-corrected chi connectivity index (χ3v) is 4.10. The van der Waals surface area contributed by atoms with E-state index in [4.69, 9.17) is 0 Å². The molecule has 0 spiro atoms. The zero-order valence-electron chi connectivity index (χ0n) is 12.7. The third kappa shape index (κ3) is 4.94. The molecule has 0 saturated carbocycles. The first kappa shape index (κ1) is 15.6. The van der Waals surface area contributed by atoms with Crippen LogP contribution in [0, 0.1) is 0 Å². The predicted octanol–water partition coefficient (Wildman–Crippen LogP) is 4.43. The van der Waals surface area contributed by atoms with Crippen LogP contribution in [0.5, 0.6) is 0 Å². The minimum atomic E-state index is -0.243. The summed E-state index contributed by atoms with van der Waals surface area (Å²) in [5, 5.41) is 2.84. The molecule has 0 radical (unpaired) electrons. The smallest absolute Gasteiger partial charge is 0.238 e. The molecule has 0 aromatic heterocycles. The Bertz CT molecular complexity index is 575. The molecule has 0 bridgehead atoms. The minimum Gasteiger partial charge on any atom is -0.350 e. The van der Waals surface area contributed by atoms with E-state index in [9.17, 15) is 4.79 Å². The Morgan fingerprint density at radius 3 is 2.00 bits per heavy atom. The van der Waals surface area contributed by atoms with Gasteiger partial charge in [0.05, 0.1) is 0 Å². The molecule has 1 amide bonds. The zero-order chi connectivity index (χ0) is 15.3. The highest BCUT2D eigenvalue weighted by Gasteiger charge is 2.25. The van der Waals surface area contributed by atoms with Crippen molar-refractivity contribution in [3.05, 3.63) is 66.2 Å². The molecule has 0 saturated heterocycles. The number of thioether (sulfide) groups is 1. The fourth-order valence-corrected chi connectivity index (χ4v) is 3.02. The molecule has 2 rings (SSSR count). The fourth-order valence-electron chi connectivity index (χ4n) is 1.97. The van der Waals surface area contributed by atoms with Crippen LogP contribution in [0.15, 0.2) is 65.6 Å². The lowest BCUT2D eigenvalue weighted by atomic mass is 10.1. The molecule has 0 aliphatic carbocycles. The summed E-state index contributed by atoms with van der Waals surface area (Å²) >= 11 is 1.58. The van der Waals surface area contributed by atoms with E-state index in [-0.39, 0.29) is 16.7 Å². The van der Waals surface area contributed by atoms with Crippen molar-refractivity contribution in [2.45, 2.75) is 36.5 Å². The number of rotatable bonds is 4. The normalized spacial score (nSPS) is 12.7. The highest BCUT2D eigenvalue weighted by molar-refractivity contribution is 8.00. The molecule has 21 heavy (non-hydrogen) atoms. The van der Waals surface area contributed by atoms with Gasteiger partial charge in [0.1, 0.15) is 5.25 Å². The Morgan fingerprint density at radius 2 is 1.48 bits per heavy atom. The zero-order valence-corrected chi connectivity index (χ0v) is 13.5. The number of hydrogen-bond donors (Lipinski definition) is 1. The van der Waals surface area contributed by atoms with Crippen molar-refractivity contribution in [2.24, 2.45) is 0 Å². The van der Waals surface area contributed by atoms with E-state index in [1.807, 2.05) is 81.4 Å². The van der Waals surface area contributed by atoms with Gasteiger partial charge in [0, 0.05) is 10.4 Å². The van der Waals surface area contributed by atoms with Gasteiger partial charge in [0.2, 0.25) is 5.91 Å². The average Bonchev–Trinajstić information content (AvgIpc) is 2.45. The van der Waals surface area contributed by atoms with Gasteiger partial charge in [-0.25, -0.2) is 0 Å². The highest BCUT2D eigenvalue weighted by Crippen LogP contribution is 2.35. The number of benzene rings is 2. The number of nitrogens with one attached hydrogen (secondary N) is 1. The Morgan fingerprint density at radius 1 is 0.952 bits per heavy atom. The van der Waals surface area contributed by atoms with Crippen LogP contribution in [0.4, 0.5) is 0 Å². The summed E-state index contributed by atoms with van der Waals surface area (Å²) in [6, 6.07) is 19.9. The summed E-state index contributed by atoms with van der Waals surface area (Å²) in [5.41, 5.74) is 0.787. The molecule has 2 aromatic rings. The van der Waals surface area contributed by atoms with E-state index in [2.05, 4.69) is 5.32 Å².